The lowest BCUT2D eigenvalue weighted by molar-refractivity contribution is -0.112. The van der Waals surface area contributed by atoms with Crippen molar-refractivity contribution in [3.05, 3.63) is 59.2 Å². The molecule has 6 heteroatoms. The van der Waals surface area contributed by atoms with E-state index < -0.39 is 29.1 Å². The second-order valence-corrected chi connectivity index (χ2v) is 6.58. The van der Waals surface area contributed by atoms with Crippen molar-refractivity contribution in [2.75, 3.05) is 12.4 Å². The molecule has 0 atom stereocenters. The van der Waals surface area contributed by atoms with Gasteiger partial charge in [-0.25, -0.2) is 8.78 Å². The van der Waals surface area contributed by atoms with E-state index >= 15 is 0 Å². The van der Waals surface area contributed by atoms with Crippen LogP contribution in [0.25, 0.3) is 0 Å². The first-order chi connectivity index (χ1) is 11.6. The molecule has 4 nitrogen and oxygen atoms in total. The number of rotatable bonds is 4. The van der Waals surface area contributed by atoms with E-state index in [0.717, 1.165) is 24.8 Å². The summed E-state index contributed by atoms with van der Waals surface area (Å²) in [4.78, 5) is 24.2. The lowest BCUT2D eigenvalue weighted by Gasteiger charge is -2.18. The number of ketones is 1. The minimum atomic E-state index is -0.979. The van der Waals surface area contributed by atoms with Crippen LogP contribution < -0.4 is 10.1 Å². The van der Waals surface area contributed by atoms with Crippen LogP contribution in [0.15, 0.2) is 36.4 Å². The monoisotopic (exact) mass is 347 g/mol. The van der Waals surface area contributed by atoms with Crippen LogP contribution in [-0.4, -0.2) is 18.8 Å². The number of Topliss-reactive ketones (excluding diaryl/α,β-unsaturated/α-hetero) is 1. The highest BCUT2D eigenvalue weighted by Crippen LogP contribution is 2.26. The standard InChI is InChI=1S/C19H19F2NO3/c1-19(2,3)12-7-5-11(6-8-12)16(23)18(24)22-13-9-14(20)17(25-4)15(21)10-13/h5-10H,1-4H3,(H,22,24). The molecule has 1 amide bonds. The largest absolute Gasteiger partial charge is 0.491 e. The molecule has 0 spiro atoms. The van der Waals surface area contributed by atoms with E-state index in [1.807, 2.05) is 20.8 Å². The number of hydrogen-bond acceptors (Lipinski definition) is 3. The van der Waals surface area contributed by atoms with E-state index in [1.54, 1.807) is 24.3 Å². The van der Waals surface area contributed by atoms with Crippen LogP contribution >= 0.6 is 0 Å². The Kier molecular flexibility index (Phi) is 5.21. The average Bonchev–Trinajstić information content (AvgIpc) is 2.53. The molecule has 2 aromatic carbocycles. The summed E-state index contributed by atoms with van der Waals surface area (Å²) in [6, 6.07) is 8.42. The first kappa shape index (κ1) is 18.6. The Morgan fingerprint density at radius 3 is 1.96 bits per heavy atom. The van der Waals surface area contributed by atoms with Gasteiger partial charge in [0.25, 0.3) is 11.7 Å². The number of amides is 1. The molecule has 132 valence electrons. The summed E-state index contributed by atoms with van der Waals surface area (Å²) in [5.74, 6) is -4.27. The summed E-state index contributed by atoms with van der Waals surface area (Å²) < 4.78 is 31.8. The van der Waals surface area contributed by atoms with E-state index in [1.165, 1.54) is 0 Å². The van der Waals surface area contributed by atoms with Gasteiger partial charge in [0.2, 0.25) is 0 Å². The lowest BCUT2D eigenvalue weighted by atomic mass is 9.86. The Labute approximate surface area is 144 Å². The summed E-state index contributed by atoms with van der Waals surface area (Å²) in [7, 11) is 1.13. The van der Waals surface area contributed by atoms with Gasteiger partial charge in [0.15, 0.2) is 17.4 Å². The fourth-order valence-electron chi connectivity index (χ4n) is 2.27. The third kappa shape index (κ3) is 4.21. The maximum atomic E-state index is 13.6. The van der Waals surface area contributed by atoms with Crippen LogP contribution in [0.3, 0.4) is 0 Å². The lowest BCUT2D eigenvalue weighted by Crippen LogP contribution is -2.23. The molecule has 0 aliphatic carbocycles. The fraction of sp³-hybridized carbons (Fsp3) is 0.263. The predicted octanol–water partition coefficient (Wildman–Crippen LogP) is 4.09. The molecule has 0 saturated carbocycles. The summed E-state index contributed by atoms with van der Waals surface area (Å²) >= 11 is 0. The van der Waals surface area contributed by atoms with Gasteiger partial charge in [-0.2, -0.15) is 0 Å². The molecule has 0 bridgehead atoms. The summed E-state index contributed by atoms with van der Waals surface area (Å²) in [5.41, 5.74) is 0.964. The molecule has 0 saturated heterocycles. The Hall–Kier alpha value is -2.76. The number of carbonyl (C=O) groups excluding carboxylic acids is 2. The minimum absolute atomic E-state index is 0.0814. The first-order valence-corrected chi connectivity index (χ1v) is 7.62. The van der Waals surface area contributed by atoms with Crippen LogP contribution in [0.4, 0.5) is 14.5 Å². The van der Waals surface area contributed by atoms with E-state index in [0.29, 0.717) is 0 Å². The predicted molar refractivity (Wildman–Crippen MR) is 91.0 cm³/mol. The van der Waals surface area contributed by atoms with Crippen molar-refractivity contribution in [1.82, 2.24) is 0 Å². The molecular formula is C19H19F2NO3. The van der Waals surface area contributed by atoms with E-state index in [9.17, 15) is 18.4 Å². The molecule has 0 aliphatic rings. The van der Waals surface area contributed by atoms with Gasteiger partial charge >= 0.3 is 0 Å². The van der Waals surface area contributed by atoms with E-state index in [-0.39, 0.29) is 16.7 Å². The molecule has 1 N–H and O–H groups in total. The highest BCUT2D eigenvalue weighted by molar-refractivity contribution is 6.46. The molecule has 0 radical (unpaired) electrons. The molecule has 0 fully saturated rings. The van der Waals surface area contributed by atoms with Gasteiger partial charge < -0.3 is 10.1 Å². The van der Waals surface area contributed by atoms with Gasteiger partial charge in [-0.15, -0.1) is 0 Å². The third-order valence-electron chi connectivity index (χ3n) is 3.68. The van der Waals surface area contributed by atoms with Crippen molar-refractivity contribution in [2.45, 2.75) is 26.2 Å². The number of benzene rings is 2. The van der Waals surface area contributed by atoms with Gasteiger partial charge in [0, 0.05) is 23.4 Å². The molecule has 2 rings (SSSR count). The molecule has 0 unspecified atom stereocenters. The van der Waals surface area contributed by atoms with Crippen LogP contribution in [0.2, 0.25) is 0 Å². The number of nitrogens with one attached hydrogen (secondary N) is 1. The second-order valence-electron chi connectivity index (χ2n) is 6.58. The van der Waals surface area contributed by atoms with E-state index in [2.05, 4.69) is 10.1 Å². The number of anilines is 1. The Bertz CT molecular complexity index is 785. The van der Waals surface area contributed by atoms with Crippen LogP contribution in [0.5, 0.6) is 5.75 Å². The van der Waals surface area contributed by atoms with Crippen LogP contribution in [-0.2, 0) is 10.2 Å². The Morgan fingerprint density at radius 1 is 1.00 bits per heavy atom. The zero-order chi connectivity index (χ0) is 18.8. The highest BCUT2D eigenvalue weighted by atomic mass is 19.1. The van der Waals surface area contributed by atoms with Crippen molar-refractivity contribution in [2.24, 2.45) is 0 Å². The maximum absolute atomic E-state index is 13.6. The summed E-state index contributed by atoms with van der Waals surface area (Å²) in [6.07, 6.45) is 0. The molecule has 0 heterocycles. The Morgan fingerprint density at radius 2 is 1.52 bits per heavy atom. The molecule has 0 aliphatic heterocycles. The topological polar surface area (TPSA) is 55.4 Å². The highest BCUT2D eigenvalue weighted by Gasteiger charge is 2.20. The van der Waals surface area contributed by atoms with Gasteiger partial charge in [-0.3, -0.25) is 9.59 Å². The fourth-order valence-corrected chi connectivity index (χ4v) is 2.27. The molecule has 25 heavy (non-hydrogen) atoms. The second kappa shape index (κ2) is 7.01. The van der Waals surface area contributed by atoms with Crippen molar-refractivity contribution < 1.29 is 23.1 Å². The summed E-state index contributed by atoms with van der Waals surface area (Å²) in [5, 5.41) is 2.19. The number of carbonyl (C=O) groups is 2. The minimum Gasteiger partial charge on any atom is -0.491 e. The van der Waals surface area contributed by atoms with Gasteiger partial charge in [0.05, 0.1) is 7.11 Å². The van der Waals surface area contributed by atoms with Crippen molar-refractivity contribution >= 4 is 17.4 Å². The summed E-state index contributed by atoms with van der Waals surface area (Å²) in [6.45, 7) is 6.09. The van der Waals surface area contributed by atoms with Crippen LogP contribution in [0, 0.1) is 11.6 Å². The Balaban J connectivity index is 2.17. The molecular weight excluding hydrogens is 328 g/mol. The quantitative estimate of drug-likeness (QED) is 0.669. The van der Waals surface area contributed by atoms with E-state index in [4.69, 9.17) is 0 Å². The zero-order valence-corrected chi connectivity index (χ0v) is 14.4. The van der Waals surface area contributed by atoms with Gasteiger partial charge in [-0.1, -0.05) is 45.0 Å². The normalized spacial score (nSPS) is 11.1. The molecule has 2 aromatic rings. The number of hydrogen-bond donors (Lipinski definition) is 1. The number of ether oxygens (including phenoxy) is 1. The van der Waals surface area contributed by atoms with Gasteiger partial charge in [-0.05, 0) is 11.0 Å². The van der Waals surface area contributed by atoms with Crippen molar-refractivity contribution in [3.63, 3.8) is 0 Å². The number of halogens is 2. The average molecular weight is 347 g/mol. The SMILES string of the molecule is COc1c(F)cc(NC(=O)C(=O)c2ccc(C(C)(C)C)cc2)cc1F. The van der Waals surface area contributed by atoms with Crippen LogP contribution in [0.1, 0.15) is 36.7 Å². The van der Waals surface area contributed by atoms with Crippen molar-refractivity contribution in [1.29, 1.82) is 0 Å². The first-order valence-electron chi connectivity index (χ1n) is 7.62. The smallest absolute Gasteiger partial charge is 0.296 e. The zero-order valence-electron chi connectivity index (χ0n) is 14.4. The van der Waals surface area contributed by atoms with Crippen molar-refractivity contribution in [3.8, 4) is 5.75 Å². The van der Waals surface area contributed by atoms with Gasteiger partial charge in [0.1, 0.15) is 0 Å². The number of methoxy groups -OCH3 is 1. The maximum Gasteiger partial charge on any atom is 0.296 e. The molecule has 0 aromatic heterocycles. The third-order valence-corrected chi connectivity index (χ3v) is 3.68.